The SMILES string of the molecule is CNC(c1ccc(C)c(Cl)c1)c1ccc(F)c(F)c1Br. The van der Waals surface area contributed by atoms with E-state index in [0.29, 0.717) is 10.6 Å². The van der Waals surface area contributed by atoms with Gasteiger partial charge in [0.2, 0.25) is 0 Å². The summed E-state index contributed by atoms with van der Waals surface area (Å²) in [6.07, 6.45) is 0. The normalized spacial score (nSPS) is 12.5. The molecule has 0 spiro atoms. The summed E-state index contributed by atoms with van der Waals surface area (Å²) >= 11 is 9.24. The number of halogens is 4. The molecule has 1 atom stereocenters. The van der Waals surface area contributed by atoms with E-state index in [0.717, 1.165) is 17.2 Å². The monoisotopic (exact) mass is 359 g/mol. The van der Waals surface area contributed by atoms with E-state index in [1.807, 2.05) is 25.1 Å². The van der Waals surface area contributed by atoms with Crippen molar-refractivity contribution in [2.75, 3.05) is 7.05 Å². The van der Waals surface area contributed by atoms with Gasteiger partial charge >= 0.3 is 0 Å². The van der Waals surface area contributed by atoms with Crippen LogP contribution in [-0.4, -0.2) is 7.05 Å². The summed E-state index contributed by atoms with van der Waals surface area (Å²) in [5.41, 5.74) is 2.47. The number of hydrogen-bond donors (Lipinski definition) is 1. The second kappa shape index (κ2) is 6.20. The van der Waals surface area contributed by atoms with Crippen molar-refractivity contribution in [3.8, 4) is 0 Å². The average molecular weight is 361 g/mol. The van der Waals surface area contributed by atoms with Gasteiger partial charge in [-0.25, -0.2) is 8.78 Å². The molecule has 2 aromatic carbocycles. The predicted molar refractivity (Wildman–Crippen MR) is 81.1 cm³/mol. The first kappa shape index (κ1) is 15.4. The lowest BCUT2D eigenvalue weighted by atomic mass is 9.98. The van der Waals surface area contributed by atoms with Gasteiger partial charge in [-0.2, -0.15) is 0 Å². The molecule has 2 rings (SSSR count). The van der Waals surface area contributed by atoms with Crippen LogP contribution >= 0.6 is 27.5 Å². The highest BCUT2D eigenvalue weighted by atomic mass is 79.9. The largest absolute Gasteiger partial charge is 0.309 e. The lowest BCUT2D eigenvalue weighted by Gasteiger charge is -2.20. The fourth-order valence-electron chi connectivity index (χ4n) is 2.05. The van der Waals surface area contributed by atoms with Crippen LogP contribution in [0.4, 0.5) is 8.78 Å². The van der Waals surface area contributed by atoms with Crippen LogP contribution in [0.2, 0.25) is 5.02 Å². The lowest BCUT2D eigenvalue weighted by molar-refractivity contribution is 0.499. The van der Waals surface area contributed by atoms with E-state index in [1.165, 1.54) is 0 Å². The van der Waals surface area contributed by atoms with Crippen molar-refractivity contribution < 1.29 is 8.78 Å². The van der Waals surface area contributed by atoms with Crippen molar-refractivity contribution in [2.24, 2.45) is 0 Å². The highest BCUT2D eigenvalue weighted by Crippen LogP contribution is 2.32. The molecule has 1 unspecified atom stereocenters. The molecule has 0 bridgehead atoms. The summed E-state index contributed by atoms with van der Waals surface area (Å²) in [7, 11) is 1.76. The summed E-state index contributed by atoms with van der Waals surface area (Å²) in [6.45, 7) is 1.91. The zero-order valence-electron chi connectivity index (χ0n) is 11.0. The Morgan fingerprint density at radius 1 is 1.20 bits per heavy atom. The highest BCUT2D eigenvalue weighted by molar-refractivity contribution is 9.10. The highest BCUT2D eigenvalue weighted by Gasteiger charge is 2.19. The van der Waals surface area contributed by atoms with Crippen LogP contribution in [0.3, 0.4) is 0 Å². The zero-order chi connectivity index (χ0) is 14.9. The van der Waals surface area contributed by atoms with Gasteiger partial charge in [0.15, 0.2) is 11.6 Å². The molecule has 0 saturated carbocycles. The Morgan fingerprint density at radius 3 is 2.50 bits per heavy atom. The zero-order valence-corrected chi connectivity index (χ0v) is 13.3. The number of hydrogen-bond acceptors (Lipinski definition) is 1. The van der Waals surface area contributed by atoms with Gasteiger partial charge in [-0.05, 0) is 58.7 Å². The molecule has 1 nitrogen and oxygen atoms in total. The third-order valence-electron chi connectivity index (χ3n) is 3.19. The van der Waals surface area contributed by atoms with E-state index in [1.54, 1.807) is 13.1 Å². The second-order valence-corrected chi connectivity index (χ2v) is 5.70. The topological polar surface area (TPSA) is 12.0 Å². The first-order valence-electron chi connectivity index (χ1n) is 6.02. The summed E-state index contributed by atoms with van der Waals surface area (Å²) in [6, 6.07) is 8.03. The Kier molecular flexibility index (Phi) is 4.78. The summed E-state index contributed by atoms with van der Waals surface area (Å²) in [5.74, 6) is -1.77. The van der Waals surface area contributed by atoms with E-state index in [-0.39, 0.29) is 10.5 Å². The fourth-order valence-corrected chi connectivity index (χ4v) is 2.79. The molecule has 0 saturated heterocycles. The maximum absolute atomic E-state index is 13.7. The Bertz CT molecular complexity index is 646. The summed E-state index contributed by atoms with van der Waals surface area (Å²) in [5, 5.41) is 3.73. The maximum atomic E-state index is 13.7. The summed E-state index contributed by atoms with van der Waals surface area (Å²) < 4.78 is 27.0. The van der Waals surface area contributed by atoms with Crippen molar-refractivity contribution in [1.29, 1.82) is 0 Å². The average Bonchev–Trinajstić information content (AvgIpc) is 2.43. The Balaban J connectivity index is 2.52. The second-order valence-electron chi connectivity index (χ2n) is 4.49. The van der Waals surface area contributed by atoms with Gasteiger partial charge in [-0.15, -0.1) is 0 Å². The van der Waals surface area contributed by atoms with E-state index < -0.39 is 11.6 Å². The Hall–Kier alpha value is -0.970. The maximum Gasteiger partial charge on any atom is 0.173 e. The van der Waals surface area contributed by atoms with Gasteiger partial charge in [0.05, 0.1) is 10.5 Å². The third kappa shape index (κ3) is 2.87. The van der Waals surface area contributed by atoms with Crippen LogP contribution in [0.15, 0.2) is 34.8 Å². The number of benzene rings is 2. The molecule has 5 heteroatoms. The smallest absolute Gasteiger partial charge is 0.173 e. The van der Waals surface area contributed by atoms with E-state index in [2.05, 4.69) is 21.2 Å². The number of rotatable bonds is 3. The summed E-state index contributed by atoms with van der Waals surface area (Å²) in [4.78, 5) is 0. The predicted octanol–water partition coefficient (Wildman–Crippen LogP) is 5.00. The van der Waals surface area contributed by atoms with Gasteiger partial charge in [-0.1, -0.05) is 29.8 Å². The molecule has 0 heterocycles. The standard InChI is InChI=1S/C15H13BrClF2N/c1-8-3-4-9(7-11(8)17)15(20-2)10-5-6-12(18)14(19)13(10)16/h3-7,15,20H,1-2H3. The molecule has 0 aliphatic carbocycles. The number of aryl methyl sites for hydroxylation is 1. The fraction of sp³-hybridized carbons (Fsp3) is 0.200. The van der Waals surface area contributed by atoms with Crippen LogP contribution < -0.4 is 5.32 Å². The number of nitrogens with one attached hydrogen (secondary N) is 1. The van der Waals surface area contributed by atoms with Crippen LogP contribution in [0.1, 0.15) is 22.7 Å². The van der Waals surface area contributed by atoms with Crippen LogP contribution in [-0.2, 0) is 0 Å². The molecular weight excluding hydrogens is 348 g/mol. The molecule has 0 fully saturated rings. The molecule has 0 radical (unpaired) electrons. The third-order valence-corrected chi connectivity index (χ3v) is 4.41. The van der Waals surface area contributed by atoms with Crippen LogP contribution in [0.5, 0.6) is 0 Å². The molecule has 0 aliphatic heterocycles. The molecule has 0 amide bonds. The van der Waals surface area contributed by atoms with Crippen LogP contribution in [0, 0.1) is 18.6 Å². The molecular formula is C15H13BrClF2N. The minimum atomic E-state index is -0.888. The molecule has 20 heavy (non-hydrogen) atoms. The van der Waals surface area contributed by atoms with Crippen molar-refractivity contribution in [3.05, 3.63) is 68.2 Å². The molecule has 2 aromatic rings. The van der Waals surface area contributed by atoms with Crippen LogP contribution in [0.25, 0.3) is 0 Å². The van der Waals surface area contributed by atoms with Gasteiger partial charge in [0, 0.05) is 5.02 Å². The van der Waals surface area contributed by atoms with Gasteiger partial charge in [-0.3, -0.25) is 0 Å². The van der Waals surface area contributed by atoms with Gasteiger partial charge in [0.1, 0.15) is 0 Å². The van der Waals surface area contributed by atoms with Gasteiger partial charge < -0.3 is 5.32 Å². The minimum Gasteiger partial charge on any atom is -0.309 e. The Labute approximate surface area is 130 Å². The van der Waals surface area contributed by atoms with Crippen molar-refractivity contribution in [3.63, 3.8) is 0 Å². The van der Waals surface area contributed by atoms with Gasteiger partial charge in [0.25, 0.3) is 0 Å². The molecule has 1 N–H and O–H groups in total. The lowest BCUT2D eigenvalue weighted by Crippen LogP contribution is -2.18. The quantitative estimate of drug-likeness (QED) is 0.760. The van der Waals surface area contributed by atoms with E-state index >= 15 is 0 Å². The molecule has 0 aliphatic rings. The first-order valence-corrected chi connectivity index (χ1v) is 7.19. The minimum absolute atomic E-state index is 0.119. The van der Waals surface area contributed by atoms with Crippen molar-refractivity contribution in [1.82, 2.24) is 5.32 Å². The van der Waals surface area contributed by atoms with E-state index in [4.69, 9.17) is 11.6 Å². The van der Waals surface area contributed by atoms with E-state index in [9.17, 15) is 8.78 Å². The molecule has 106 valence electrons. The van der Waals surface area contributed by atoms with Crippen molar-refractivity contribution in [2.45, 2.75) is 13.0 Å². The first-order chi connectivity index (χ1) is 9.45. The van der Waals surface area contributed by atoms with Crippen molar-refractivity contribution >= 4 is 27.5 Å². The Morgan fingerprint density at radius 2 is 1.90 bits per heavy atom. The molecule has 0 aromatic heterocycles.